The smallest absolute Gasteiger partial charge is 0.115 e. The lowest BCUT2D eigenvalue weighted by molar-refractivity contribution is 0.512. The fourth-order valence-corrected chi connectivity index (χ4v) is 3.36. The Morgan fingerprint density at radius 1 is 1.26 bits per heavy atom. The molecule has 0 aliphatic rings. The predicted octanol–water partition coefficient (Wildman–Crippen LogP) is 4.10. The standard InChI is InChI=1S/C17H23N5S/c1-6-21-15-9-8-13(20(5)23-22-11-7-10-18-22)12-14(15)19-16(21)17(2,3)4/h7-12H,6H2,1-5H3. The average molecular weight is 329 g/mol. The number of benzene rings is 1. The molecule has 3 rings (SSSR count). The molecule has 0 saturated carbocycles. The molecule has 0 bridgehead atoms. The minimum Gasteiger partial charge on any atom is -0.328 e. The highest BCUT2D eigenvalue weighted by atomic mass is 32.2. The van der Waals surface area contributed by atoms with E-state index in [0.717, 1.165) is 23.6 Å². The highest BCUT2D eigenvalue weighted by Gasteiger charge is 2.22. The lowest BCUT2D eigenvalue weighted by Crippen LogP contribution is -2.18. The normalized spacial score (nSPS) is 12.0. The summed E-state index contributed by atoms with van der Waals surface area (Å²) in [5.41, 5.74) is 3.38. The molecule has 0 saturated heterocycles. The summed E-state index contributed by atoms with van der Waals surface area (Å²) in [4.78, 5) is 4.90. The fourth-order valence-electron chi connectivity index (χ4n) is 2.68. The van der Waals surface area contributed by atoms with E-state index in [9.17, 15) is 0 Å². The van der Waals surface area contributed by atoms with Crippen molar-refractivity contribution in [2.45, 2.75) is 39.7 Å². The molecule has 0 aliphatic heterocycles. The molecule has 23 heavy (non-hydrogen) atoms. The number of rotatable bonds is 4. The van der Waals surface area contributed by atoms with Crippen LogP contribution in [0.2, 0.25) is 0 Å². The van der Waals surface area contributed by atoms with Gasteiger partial charge in [0, 0.05) is 25.2 Å². The first-order valence-electron chi connectivity index (χ1n) is 7.82. The summed E-state index contributed by atoms with van der Waals surface area (Å²) in [6, 6.07) is 8.37. The molecular formula is C17H23N5S. The third-order valence-electron chi connectivity index (χ3n) is 3.77. The van der Waals surface area contributed by atoms with E-state index in [4.69, 9.17) is 4.98 Å². The fraction of sp³-hybridized carbons (Fsp3) is 0.412. The molecule has 6 heteroatoms. The molecule has 0 atom stereocenters. The first kappa shape index (κ1) is 15.9. The van der Waals surface area contributed by atoms with Crippen molar-refractivity contribution in [1.29, 1.82) is 0 Å². The monoisotopic (exact) mass is 329 g/mol. The van der Waals surface area contributed by atoms with Crippen LogP contribution in [-0.2, 0) is 12.0 Å². The van der Waals surface area contributed by atoms with E-state index >= 15 is 0 Å². The largest absolute Gasteiger partial charge is 0.328 e. The summed E-state index contributed by atoms with van der Waals surface area (Å²) < 4.78 is 6.23. The van der Waals surface area contributed by atoms with Gasteiger partial charge in [0.25, 0.3) is 0 Å². The molecule has 2 heterocycles. The van der Waals surface area contributed by atoms with Crippen LogP contribution in [0.3, 0.4) is 0 Å². The van der Waals surface area contributed by atoms with Crippen LogP contribution in [0.5, 0.6) is 0 Å². The minimum atomic E-state index is 0.0326. The van der Waals surface area contributed by atoms with Gasteiger partial charge in [-0.15, -0.1) is 0 Å². The van der Waals surface area contributed by atoms with Crippen molar-refractivity contribution in [2.75, 3.05) is 11.4 Å². The van der Waals surface area contributed by atoms with Gasteiger partial charge in [-0.1, -0.05) is 20.8 Å². The van der Waals surface area contributed by atoms with E-state index in [0.29, 0.717) is 0 Å². The quantitative estimate of drug-likeness (QED) is 0.676. The van der Waals surface area contributed by atoms with Gasteiger partial charge in [-0.2, -0.15) is 9.19 Å². The number of imidazole rings is 1. The number of fused-ring (bicyclic) bond motifs is 1. The van der Waals surface area contributed by atoms with E-state index in [2.05, 4.69) is 59.9 Å². The zero-order valence-electron chi connectivity index (χ0n) is 14.3. The maximum Gasteiger partial charge on any atom is 0.115 e. The predicted molar refractivity (Wildman–Crippen MR) is 97.7 cm³/mol. The topological polar surface area (TPSA) is 38.9 Å². The molecule has 0 unspecified atom stereocenters. The zero-order valence-corrected chi connectivity index (χ0v) is 15.1. The minimum absolute atomic E-state index is 0.0326. The third-order valence-corrected chi connectivity index (χ3v) is 4.61. The molecule has 0 aliphatic carbocycles. The van der Waals surface area contributed by atoms with Crippen LogP contribution >= 0.6 is 12.1 Å². The van der Waals surface area contributed by atoms with Gasteiger partial charge in [-0.25, -0.2) is 4.98 Å². The molecule has 122 valence electrons. The first-order chi connectivity index (χ1) is 10.9. The Kier molecular flexibility index (Phi) is 4.10. The van der Waals surface area contributed by atoms with Crippen LogP contribution in [0.4, 0.5) is 5.69 Å². The molecule has 0 amide bonds. The van der Waals surface area contributed by atoms with Crippen LogP contribution in [0, 0.1) is 0 Å². The third kappa shape index (κ3) is 3.08. The van der Waals surface area contributed by atoms with Gasteiger partial charge in [-0.3, -0.25) is 0 Å². The van der Waals surface area contributed by atoms with E-state index in [1.54, 1.807) is 6.20 Å². The molecule has 3 aromatic rings. The second-order valence-corrected chi connectivity index (χ2v) is 7.68. The van der Waals surface area contributed by atoms with Crippen LogP contribution < -0.4 is 4.31 Å². The number of anilines is 1. The van der Waals surface area contributed by atoms with Crippen LogP contribution in [0.1, 0.15) is 33.5 Å². The molecule has 0 radical (unpaired) electrons. The van der Waals surface area contributed by atoms with Crippen molar-refractivity contribution in [3.8, 4) is 0 Å². The van der Waals surface area contributed by atoms with Crippen LogP contribution in [0.25, 0.3) is 11.0 Å². The summed E-state index contributed by atoms with van der Waals surface area (Å²) in [5, 5.41) is 4.23. The van der Waals surface area contributed by atoms with Crippen molar-refractivity contribution >= 4 is 28.9 Å². The van der Waals surface area contributed by atoms with Crippen LogP contribution in [0.15, 0.2) is 36.7 Å². The van der Waals surface area contributed by atoms with Crippen molar-refractivity contribution < 1.29 is 0 Å². The number of aryl methyl sites for hydroxylation is 1. The van der Waals surface area contributed by atoms with E-state index < -0.39 is 0 Å². The molecule has 5 nitrogen and oxygen atoms in total. The van der Waals surface area contributed by atoms with Crippen molar-refractivity contribution in [1.82, 2.24) is 18.7 Å². The van der Waals surface area contributed by atoms with Crippen LogP contribution in [-0.4, -0.2) is 25.8 Å². The summed E-state index contributed by atoms with van der Waals surface area (Å²) in [5.74, 6) is 1.13. The van der Waals surface area contributed by atoms with Crippen molar-refractivity contribution in [3.05, 3.63) is 42.5 Å². The Balaban J connectivity index is 1.98. The van der Waals surface area contributed by atoms with Crippen molar-refractivity contribution in [3.63, 3.8) is 0 Å². The van der Waals surface area contributed by atoms with E-state index in [1.807, 2.05) is 23.4 Å². The van der Waals surface area contributed by atoms with Crippen molar-refractivity contribution in [2.24, 2.45) is 0 Å². The summed E-state index contributed by atoms with van der Waals surface area (Å²) in [6.45, 7) is 9.73. The highest BCUT2D eigenvalue weighted by molar-refractivity contribution is 7.99. The lowest BCUT2D eigenvalue weighted by Gasteiger charge is -2.19. The summed E-state index contributed by atoms with van der Waals surface area (Å²) in [7, 11) is 2.04. The Morgan fingerprint density at radius 3 is 2.65 bits per heavy atom. The Labute approximate surface area is 141 Å². The molecular weight excluding hydrogens is 306 g/mol. The molecule has 2 aromatic heterocycles. The van der Waals surface area contributed by atoms with Gasteiger partial charge in [0.1, 0.15) is 5.82 Å². The first-order valence-corrected chi connectivity index (χ1v) is 8.56. The summed E-state index contributed by atoms with van der Waals surface area (Å²) in [6.07, 6.45) is 3.71. The maximum atomic E-state index is 4.90. The second kappa shape index (κ2) is 5.92. The number of hydrogen-bond donors (Lipinski definition) is 0. The molecule has 1 aromatic carbocycles. The average Bonchev–Trinajstić information content (AvgIpc) is 3.12. The van der Waals surface area contributed by atoms with E-state index in [-0.39, 0.29) is 5.41 Å². The SMILES string of the molecule is CCn1c(C(C)(C)C)nc2cc(N(C)Sn3cccn3)ccc21. The van der Waals surface area contributed by atoms with Gasteiger partial charge >= 0.3 is 0 Å². The second-order valence-electron chi connectivity index (χ2n) is 6.59. The Hall–Kier alpha value is -1.95. The highest BCUT2D eigenvalue weighted by Crippen LogP contribution is 2.30. The Bertz CT molecular complexity index is 798. The van der Waals surface area contributed by atoms with Gasteiger partial charge in [-0.05, 0) is 31.2 Å². The summed E-state index contributed by atoms with van der Waals surface area (Å²) >= 11 is 1.54. The van der Waals surface area contributed by atoms with Gasteiger partial charge in [0.05, 0.1) is 35.1 Å². The molecule has 0 spiro atoms. The number of hydrogen-bond acceptors (Lipinski definition) is 4. The van der Waals surface area contributed by atoms with Gasteiger partial charge < -0.3 is 8.87 Å². The zero-order chi connectivity index (χ0) is 16.6. The Morgan fingerprint density at radius 2 is 2.04 bits per heavy atom. The molecule has 0 N–H and O–H groups in total. The maximum absolute atomic E-state index is 4.90. The van der Waals surface area contributed by atoms with Gasteiger partial charge in [0.15, 0.2) is 0 Å². The molecule has 0 fully saturated rings. The van der Waals surface area contributed by atoms with Gasteiger partial charge in [0.2, 0.25) is 0 Å². The number of nitrogens with zero attached hydrogens (tertiary/aromatic N) is 5. The lowest BCUT2D eigenvalue weighted by atomic mass is 9.96. The van der Waals surface area contributed by atoms with E-state index in [1.165, 1.54) is 17.7 Å². The number of aromatic nitrogens is 4.